The molecule has 0 spiro atoms. The van der Waals surface area contributed by atoms with Crippen LogP contribution in [0.25, 0.3) is 5.00 Å². The average Bonchev–Trinajstić information content (AvgIpc) is 3.87. The van der Waals surface area contributed by atoms with Crippen LogP contribution in [-0.4, -0.2) is 112 Å². The Morgan fingerprint density at radius 2 is 1.56 bits per heavy atom. The first-order valence-electron chi connectivity index (χ1n) is 21.2. The molecule has 62 heavy (non-hydrogen) atoms. The molecule has 0 radical (unpaired) electrons. The monoisotopic (exact) mass is 868 g/mol. The van der Waals surface area contributed by atoms with Gasteiger partial charge in [-0.1, -0.05) is 80.4 Å². The van der Waals surface area contributed by atoms with Crippen molar-refractivity contribution in [2.24, 2.45) is 10.4 Å². The summed E-state index contributed by atoms with van der Waals surface area (Å²) in [7, 11) is 0. The van der Waals surface area contributed by atoms with Crippen LogP contribution in [0.3, 0.4) is 0 Å². The second-order valence-electron chi connectivity index (χ2n) is 17.3. The van der Waals surface area contributed by atoms with E-state index in [1.54, 1.807) is 11.3 Å². The lowest BCUT2D eigenvalue weighted by Crippen LogP contribution is -2.58. The van der Waals surface area contributed by atoms with E-state index in [2.05, 4.69) is 64.3 Å². The van der Waals surface area contributed by atoms with Gasteiger partial charge in [-0.2, -0.15) is 0 Å². The third kappa shape index (κ3) is 11.2. The number of aryl methyl sites for hydroxylation is 4. The van der Waals surface area contributed by atoms with Crippen molar-refractivity contribution in [3.8, 4) is 5.00 Å². The number of aliphatic hydroxyl groups excluding tert-OH is 1. The van der Waals surface area contributed by atoms with Crippen molar-refractivity contribution in [2.75, 3.05) is 39.5 Å². The van der Waals surface area contributed by atoms with Gasteiger partial charge in [-0.3, -0.25) is 28.7 Å². The Balaban J connectivity index is 0.929. The Bertz CT molecular complexity index is 2260. The lowest BCUT2D eigenvalue weighted by atomic mass is 9.85. The summed E-state index contributed by atoms with van der Waals surface area (Å²) < 4.78 is 13.4. The van der Waals surface area contributed by atoms with Gasteiger partial charge < -0.3 is 35.4 Å². The molecule has 2 aromatic heterocycles. The molecule has 0 aliphatic carbocycles. The van der Waals surface area contributed by atoms with E-state index in [1.807, 2.05) is 70.4 Å². The fourth-order valence-corrected chi connectivity index (χ4v) is 8.83. The van der Waals surface area contributed by atoms with Gasteiger partial charge >= 0.3 is 0 Å². The quantitative estimate of drug-likeness (QED) is 0.111. The number of benzene rings is 2. The Morgan fingerprint density at radius 3 is 2.26 bits per heavy atom. The number of thiophene rings is 1. The van der Waals surface area contributed by atoms with Gasteiger partial charge in [-0.25, -0.2) is 0 Å². The fraction of sp³-hybridized carbons (Fsp3) is 0.500. The highest BCUT2D eigenvalue weighted by atomic mass is 32.1. The first kappa shape index (κ1) is 46.2. The maximum atomic E-state index is 13.9. The van der Waals surface area contributed by atoms with Crippen LogP contribution in [0.1, 0.15) is 96.0 Å². The summed E-state index contributed by atoms with van der Waals surface area (Å²) in [5, 5.41) is 29.0. The molecule has 1 saturated heterocycles. The average molecular weight is 869 g/mol. The molecule has 4 N–H and O–H groups in total. The van der Waals surface area contributed by atoms with Crippen molar-refractivity contribution in [3.05, 3.63) is 98.4 Å². The largest absolute Gasteiger partial charge is 0.391 e. The number of β-amino-alcohol motifs (C(OH)–C–C–N with tert-alkyl or cyclic N) is 1. The van der Waals surface area contributed by atoms with E-state index in [4.69, 9.17) is 14.5 Å². The summed E-state index contributed by atoms with van der Waals surface area (Å²) in [6.07, 6.45) is -0.156. The molecule has 15 nitrogen and oxygen atoms in total. The van der Waals surface area contributed by atoms with Crippen LogP contribution >= 0.6 is 11.3 Å². The first-order valence-corrected chi connectivity index (χ1v) is 22.0. The molecule has 4 amide bonds. The number of aliphatic imine (C=N–C) groups is 1. The second kappa shape index (κ2) is 20.3. The Morgan fingerprint density at radius 1 is 0.887 bits per heavy atom. The van der Waals surface area contributed by atoms with Crippen molar-refractivity contribution in [3.63, 3.8) is 0 Å². The van der Waals surface area contributed by atoms with Crippen LogP contribution in [0.4, 0.5) is 0 Å². The maximum absolute atomic E-state index is 13.9. The molecule has 0 bridgehead atoms. The van der Waals surface area contributed by atoms with E-state index in [0.29, 0.717) is 31.9 Å². The highest BCUT2D eigenvalue weighted by Crippen LogP contribution is 2.39. The predicted molar refractivity (Wildman–Crippen MR) is 237 cm³/mol. The lowest BCUT2D eigenvalue weighted by Gasteiger charge is -2.35. The van der Waals surface area contributed by atoms with E-state index < -0.39 is 41.5 Å². The summed E-state index contributed by atoms with van der Waals surface area (Å²) in [6, 6.07) is 13.7. The Hall–Kier alpha value is -5.29. The van der Waals surface area contributed by atoms with Gasteiger partial charge in [0.2, 0.25) is 23.6 Å². The molecule has 6 rings (SSSR count). The number of ether oxygens (including phenoxy) is 2. The number of rotatable bonds is 17. The summed E-state index contributed by atoms with van der Waals surface area (Å²) in [5.74, 6) is -0.0888. The number of hydrogen-bond acceptors (Lipinski definition) is 11. The second-order valence-corrected chi connectivity index (χ2v) is 18.5. The van der Waals surface area contributed by atoms with Crippen LogP contribution in [0.5, 0.6) is 0 Å². The third-order valence-electron chi connectivity index (χ3n) is 11.2. The maximum Gasteiger partial charge on any atom is 0.246 e. The number of aliphatic hydroxyl groups is 1. The molecular formula is C46H60N8O7S. The minimum atomic E-state index is -0.955. The number of carbonyl (C=O) groups excluding carboxylic acids is 4. The number of hydrogen-bond donors (Lipinski definition) is 4. The number of likely N-dealkylation sites (tertiary alicyclic amines) is 1. The topological polar surface area (TPSA) is 189 Å². The zero-order chi connectivity index (χ0) is 44.7. The van der Waals surface area contributed by atoms with Gasteiger partial charge in [0.25, 0.3) is 0 Å². The smallest absolute Gasteiger partial charge is 0.246 e. The molecule has 2 aliphatic heterocycles. The van der Waals surface area contributed by atoms with Crippen molar-refractivity contribution in [1.29, 1.82) is 0 Å². The highest BCUT2D eigenvalue weighted by molar-refractivity contribution is 7.15. The minimum absolute atomic E-state index is 0.00573. The molecular weight excluding hydrogens is 809 g/mol. The van der Waals surface area contributed by atoms with Crippen LogP contribution in [0.2, 0.25) is 0 Å². The van der Waals surface area contributed by atoms with Gasteiger partial charge in [0, 0.05) is 55.3 Å². The van der Waals surface area contributed by atoms with Crippen molar-refractivity contribution in [1.82, 2.24) is 35.6 Å². The Labute approximate surface area is 367 Å². The minimum Gasteiger partial charge on any atom is -0.391 e. The third-order valence-corrected chi connectivity index (χ3v) is 12.4. The molecule has 0 saturated carbocycles. The number of aromatic nitrogens is 3. The summed E-state index contributed by atoms with van der Waals surface area (Å²) in [4.78, 5) is 61.1. The molecule has 1 unspecified atom stereocenters. The van der Waals surface area contributed by atoms with E-state index in [-0.39, 0.29) is 51.0 Å². The first-order chi connectivity index (χ1) is 29.5. The number of carbonyl (C=O) groups is 4. The molecule has 4 aromatic rings. The van der Waals surface area contributed by atoms with Gasteiger partial charge in [0.05, 0.1) is 24.8 Å². The number of nitrogens with zero attached hydrogens (tertiary/aromatic N) is 5. The van der Waals surface area contributed by atoms with Crippen molar-refractivity contribution >= 4 is 40.7 Å². The molecule has 4 heterocycles. The Kier molecular flexibility index (Phi) is 15.1. The summed E-state index contributed by atoms with van der Waals surface area (Å²) in [5.41, 5.74) is 6.49. The van der Waals surface area contributed by atoms with Gasteiger partial charge in [-0.05, 0) is 57.6 Å². The van der Waals surface area contributed by atoms with Crippen molar-refractivity contribution in [2.45, 2.75) is 105 Å². The van der Waals surface area contributed by atoms with Crippen LogP contribution in [0, 0.1) is 40.0 Å². The normalized spacial score (nSPS) is 17.7. The summed E-state index contributed by atoms with van der Waals surface area (Å²) >= 11 is 1.68. The lowest BCUT2D eigenvalue weighted by molar-refractivity contribution is -0.144. The SMILES string of the molecule is Cc1ccc(CNC(=O)[C@@H]2C[C@H](O)CN2C(=O)[C@@H](NC(=O)COCCCOCCNC(=O)CC2N=C(c3ccc(C)cc3)c3c(sc(C)c3C)-n3c(C)nnc32)C(C)(C)C)cc1. The van der Waals surface area contributed by atoms with Crippen LogP contribution in [-0.2, 0) is 35.2 Å². The van der Waals surface area contributed by atoms with Gasteiger partial charge in [0.1, 0.15) is 35.6 Å². The van der Waals surface area contributed by atoms with Crippen LogP contribution in [0.15, 0.2) is 53.5 Å². The number of nitrogens with one attached hydrogen (secondary N) is 3. The fourth-order valence-electron chi connectivity index (χ4n) is 7.61. The van der Waals surface area contributed by atoms with Gasteiger partial charge in [-0.15, -0.1) is 21.5 Å². The summed E-state index contributed by atoms with van der Waals surface area (Å²) in [6.45, 7) is 16.8. The van der Waals surface area contributed by atoms with Gasteiger partial charge in [0.15, 0.2) is 5.82 Å². The van der Waals surface area contributed by atoms with E-state index in [9.17, 15) is 24.3 Å². The zero-order valence-corrected chi connectivity index (χ0v) is 37.9. The standard InChI is InChI=1S/C46H60N8O7S/c1-27-10-14-32(15-11-27)24-48-43(58)36-22-34(55)25-53(36)44(59)41(46(6,7)8)50-38(57)26-61-20-9-19-60-21-18-47-37(56)23-35-42-52-51-31(5)54(42)45-39(29(3)30(4)62-45)40(49-35)33-16-12-28(2)13-17-33/h10-17,34-36,41,55H,9,18-26H2,1-8H3,(H,47,56)(H,48,58)(H,50,57)/t34-,35?,36-,41+/m0/s1. The number of fused-ring (bicyclic) bond motifs is 3. The van der Waals surface area contributed by atoms with E-state index in [0.717, 1.165) is 49.9 Å². The zero-order valence-electron chi connectivity index (χ0n) is 37.0. The highest BCUT2D eigenvalue weighted by Gasteiger charge is 2.44. The molecule has 332 valence electrons. The van der Waals surface area contributed by atoms with Crippen LogP contribution < -0.4 is 16.0 Å². The van der Waals surface area contributed by atoms with E-state index in [1.165, 1.54) is 9.78 Å². The molecule has 1 fully saturated rings. The molecule has 16 heteroatoms. The molecule has 2 aromatic carbocycles. The number of amides is 4. The van der Waals surface area contributed by atoms with Crippen molar-refractivity contribution < 1.29 is 33.8 Å². The predicted octanol–water partition coefficient (Wildman–Crippen LogP) is 4.50. The molecule has 4 atom stereocenters. The molecule has 2 aliphatic rings. The van der Waals surface area contributed by atoms with E-state index >= 15 is 0 Å².